The van der Waals surface area contributed by atoms with Crippen LogP contribution in [-0.4, -0.2) is 22.1 Å². The van der Waals surface area contributed by atoms with Gasteiger partial charge in [0.15, 0.2) is 0 Å². The third-order valence-corrected chi connectivity index (χ3v) is 5.17. The number of rotatable bonds is 5. The molecule has 138 valence electrons. The number of nitrogens with zero attached hydrogens (tertiary/aromatic N) is 2. The molecule has 7 heteroatoms. The molecular formula is C20H20N4O2S. The molecule has 0 fully saturated rings. The molecule has 0 saturated carbocycles. The van der Waals surface area contributed by atoms with Gasteiger partial charge in [0.05, 0.1) is 18.0 Å². The van der Waals surface area contributed by atoms with E-state index in [1.807, 2.05) is 57.2 Å². The van der Waals surface area contributed by atoms with Crippen LogP contribution in [0.1, 0.15) is 28.8 Å². The van der Waals surface area contributed by atoms with Gasteiger partial charge in [0.25, 0.3) is 5.56 Å². The lowest BCUT2D eigenvalue weighted by molar-refractivity contribution is -0.120. The van der Waals surface area contributed by atoms with Gasteiger partial charge in [-0.25, -0.2) is 10.4 Å². The number of aromatic amines is 1. The zero-order valence-electron chi connectivity index (χ0n) is 15.4. The topological polar surface area (TPSA) is 87.2 Å². The lowest BCUT2D eigenvalue weighted by atomic mass is 10.1. The van der Waals surface area contributed by atoms with E-state index in [1.165, 1.54) is 11.3 Å². The predicted molar refractivity (Wildman–Crippen MR) is 110 cm³/mol. The number of nitrogens with one attached hydrogen (secondary N) is 2. The molecule has 27 heavy (non-hydrogen) atoms. The van der Waals surface area contributed by atoms with Gasteiger partial charge < -0.3 is 4.98 Å². The molecule has 2 heterocycles. The summed E-state index contributed by atoms with van der Waals surface area (Å²) < 4.78 is 0. The zero-order valence-corrected chi connectivity index (χ0v) is 16.2. The first-order valence-corrected chi connectivity index (χ1v) is 9.30. The molecule has 0 unspecified atom stereocenters. The van der Waals surface area contributed by atoms with Gasteiger partial charge in [-0.15, -0.1) is 11.3 Å². The number of hydrogen-bond donors (Lipinski definition) is 2. The summed E-state index contributed by atoms with van der Waals surface area (Å²) in [6.07, 6.45) is 3.50. The largest absolute Gasteiger partial charge is 0.309 e. The Morgan fingerprint density at radius 1 is 1.30 bits per heavy atom. The van der Waals surface area contributed by atoms with Gasteiger partial charge in [0, 0.05) is 4.88 Å². The summed E-state index contributed by atoms with van der Waals surface area (Å²) in [6.45, 7) is 5.75. The predicted octanol–water partition coefficient (Wildman–Crippen LogP) is 3.35. The highest BCUT2D eigenvalue weighted by Gasteiger charge is 2.13. The molecule has 0 bridgehead atoms. The lowest BCUT2D eigenvalue weighted by Gasteiger charge is -2.01. The maximum Gasteiger partial charge on any atom is 0.259 e. The number of aryl methyl sites for hydroxylation is 2. The molecule has 0 aliphatic carbocycles. The fourth-order valence-electron chi connectivity index (χ4n) is 2.63. The Morgan fingerprint density at radius 3 is 2.78 bits per heavy atom. The number of hydrazone groups is 1. The standard InChI is InChI=1S/C20H20N4O2S/c1-12(9-15-7-5-4-6-8-15)11-21-24-17(25)10-16-22-19(26)18-13(2)14(3)27-20(18)23-16/h4-9,11H,10H2,1-3H3,(H,24,25)(H,22,23,26)/b12-9+,21-11-. The second kappa shape index (κ2) is 8.09. The molecule has 0 saturated heterocycles. The van der Waals surface area contributed by atoms with Crippen LogP contribution >= 0.6 is 11.3 Å². The van der Waals surface area contributed by atoms with Crippen molar-refractivity contribution in [3.63, 3.8) is 0 Å². The van der Waals surface area contributed by atoms with Crippen molar-refractivity contribution in [2.24, 2.45) is 5.10 Å². The van der Waals surface area contributed by atoms with Crippen molar-refractivity contribution in [2.75, 3.05) is 0 Å². The molecule has 0 aliphatic rings. The van der Waals surface area contributed by atoms with E-state index in [2.05, 4.69) is 20.5 Å². The first-order valence-electron chi connectivity index (χ1n) is 8.48. The summed E-state index contributed by atoms with van der Waals surface area (Å²) in [5.41, 5.74) is 5.15. The zero-order chi connectivity index (χ0) is 19.4. The van der Waals surface area contributed by atoms with Crippen LogP contribution in [0.4, 0.5) is 0 Å². The Labute approximate surface area is 160 Å². The number of amides is 1. The summed E-state index contributed by atoms with van der Waals surface area (Å²) in [4.78, 5) is 33.1. The minimum absolute atomic E-state index is 0.0417. The molecule has 1 aromatic carbocycles. The van der Waals surface area contributed by atoms with Crippen LogP contribution in [0.5, 0.6) is 0 Å². The molecule has 6 nitrogen and oxygen atoms in total. The lowest BCUT2D eigenvalue weighted by Crippen LogP contribution is -2.23. The van der Waals surface area contributed by atoms with Gasteiger partial charge in [-0.3, -0.25) is 9.59 Å². The number of H-pyrrole nitrogens is 1. The molecule has 3 aromatic rings. The average Bonchev–Trinajstić information content (AvgIpc) is 2.90. The summed E-state index contributed by atoms with van der Waals surface area (Å²) in [6, 6.07) is 9.85. The molecule has 0 spiro atoms. The molecule has 2 aromatic heterocycles. The second-order valence-corrected chi connectivity index (χ2v) is 7.45. The number of aromatic nitrogens is 2. The highest BCUT2D eigenvalue weighted by Crippen LogP contribution is 2.25. The third-order valence-electron chi connectivity index (χ3n) is 4.07. The van der Waals surface area contributed by atoms with E-state index in [0.717, 1.165) is 21.6 Å². The molecular weight excluding hydrogens is 360 g/mol. The fraction of sp³-hybridized carbons (Fsp3) is 0.200. The van der Waals surface area contributed by atoms with Crippen molar-refractivity contribution >= 4 is 39.8 Å². The Balaban J connectivity index is 1.65. The van der Waals surface area contributed by atoms with Crippen LogP contribution in [0, 0.1) is 13.8 Å². The molecule has 0 radical (unpaired) electrons. The quantitative estimate of drug-likeness (QED) is 0.526. The van der Waals surface area contributed by atoms with Crippen LogP contribution in [0.3, 0.4) is 0 Å². The molecule has 1 amide bonds. The van der Waals surface area contributed by atoms with Crippen LogP contribution in [0.2, 0.25) is 0 Å². The smallest absolute Gasteiger partial charge is 0.259 e. The second-order valence-electron chi connectivity index (χ2n) is 6.25. The number of benzene rings is 1. The van der Waals surface area contributed by atoms with Gasteiger partial charge >= 0.3 is 0 Å². The van der Waals surface area contributed by atoms with Gasteiger partial charge in [0.1, 0.15) is 10.7 Å². The van der Waals surface area contributed by atoms with Crippen molar-refractivity contribution < 1.29 is 4.79 Å². The van der Waals surface area contributed by atoms with E-state index in [1.54, 1.807) is 6.21 Å². The first kappa shape index (κ1) is 18.7. The van der Waals surface area contributed by atoms with Gasteiger partial charge in [-0.1, -0.05) is 36.4 Å². The van der Waals surface area contributed by atoms with E-state index in [-0.39, 0.29) is 17.9 Å². The Kier molecular flexibility index (Phi) is 5.61. The monoisotopic (exact) mass is 380 g/mol. The Hall–Kier alpha value is -3.06. The number of carbonyl (C=O) groups excluding carboxylic acids is 1. The fourth-order valence-corrected chi connectivity index (χ4v) is 3.68. The average molecular weight is 380 g/mol. The first-order chi connectivity index (χ1) is 12.9. The summed E-state index contributed by atoms with van der Waals surface area (Å²) in [7, 11) is 0. The Bertz CT molecular complexity index is 1090. The van der Waals surface area contributed by atoms with Gasteiger partial charge in [-0.05, 0) is 37.5 Å². The summed E-state index contributed by atoms with van der Waals surface area (Å²) >= 11 is 1.46. The summed E-state index contributed by atoms with van der Waals surface area (Å²) in [5, 5.41) is 4.55. The minimum Gasteiger partial charge on any atom is -0.309 e. The maximum atomic E-state index is 12.2. The van der Waals surface area contributed by atoms with Crippen molar-refractivity contribution in [3.05, 3.63) is 68.1 Å². The minimum atomic E-state index is -0.341. The van der Waals surface area contributed by atoms with E-state index < -0.39 is 0 Å². The van der Waals surface area contributed by atoms with E-state index >= 15 is 0 Å². The number of hydrogen-bond acceptors (Lipinski definition) is 5. The summed E-state index contributed by atoms with van der Waals surface area (Å²) in [5.74, 6) is -0.00994. The molecule has 0 aliphatic heterocycles. The number of fused-ring (bicyclic) bond motifs is 1. The van der Waals surface area contributed by atoms with Crippen molar-refractivity contribution in [1.29, 1.82) is 0 Å². The van der Waals surface area contributed by atoms with Gasteiger partial charge in [-0.2, -0.15) is 5.10 Å². The van der Waals surface area contributed by atoms with E-state index in [4.69, 9.17) is 0 Å². The van der Waals surface area contributed by atoms with Crippen LogP contribution in [0.25, 0.3) is 16.3 Å². The number of thiophene rings is 1. The number of allylic oxidation sites excluding steroid dienone is 1. The molecule has 3 rings (SSSR count). The molecule has 0 atom stereocenters. The maximum absolute atomic E-state index is 12.2. The van der Waals surface area contributed by atoms with Crippen LogP contribution in [0.15, 0.2) is 45.8 Å². The third kappa shape index (κ3) is 4.57. The van der Waals surface area contributed by atoms with Crippen molar-refractivity contribution in [1.82, 2.24) is 15.4 Å². The van der Waals surface area contributed by atoms with E-state index in [0.29, 0.717) is 16.0 Å². The highest BCUT2D eigenvalue weighted by atomic mass is 32.1. The van der Waals surface area contributed by atoms with Crippen molar-refractivity contribution in [3.8, 4) is 0 Å². The normalized spacial score (nSPS) is 12.0. The highest BCUT2D eigenvalue weighted by molar-refractivity contribution is 7.18. The van der Waals surface area contributed by atoms with Gasteiger partial charge in [0.2, 0.25) is 5.91 Å². The van der Waals surface area contributed by atoms with E-state index in [9.17, 15) is 9.59 Å². The Morgan fingerprint density at radius 2 is 2.04 bits per heavy atom. The molecule has 2 N–H and O–H groups in total. The van der Waals surface area contributed by atoms with Crippen molar-refractivity contribution in [2.45, 2.75) is 27.2 Å². The number of carbonyl (C=O) groups is 1. The SMILES string of the molecule is CC(/C=N\NC(=O)Cc1nc2sc(C)c(C)c2c(=O)[nH]1)=C\c1ccccc1. The van der Waals surface area contributed by atoms with Crippen LogP contribution in [-0.2, 0) is 11.2 Å². The van der Waals surface area contributed by atoms with Crippen LogP contribution < -0.4 is 11.0 Å².